The van der Waals surface area contributed by atoms with Gasteiger partial charge in [-0.05, 0) is 31.4 Å². The van der Waals surface area contributed by atoms with E-state index in [1.165, 1.54) is 11.8 Å². The van der Waals surface area contributed by atoms with Gasteiger partial charge < -0.3 is 4.74 Å². The minimum Gasteiger partial charge on any atom is -0.461 e. The zero-order valence-corrected chi connectivity index (χ0v) is 13.5. The first kappa shape index (κ1) is 15.0. The van der Waals surface area contributed by atoms with Crippen molar-refractivity contribution in [2.24, 2.45) is 0 Å². The molecule has 104 valence electrons. The molecule has 0 aliphatic carbocycles. The van der Waals surface area contributed by atoms with Gasteiger partial charge in [-0.15, -0.1) is 0 Å². The summed E-state index contributed by atoms with van der Waals surface area (Å²) in [5.41, 5.74) is 1.92. The summed E-state index contributed by atoms with van der Waals surface area (Å²) in [5, 5.41) is 0.550. The van der Waals surface area contributed by atoms with Crippen molar-refractivity contribution >= 4 is 33.7 Å². The highest BCUT2D eigenvalue weighted by Gasteiger charge is 2.13. The zero-order valence-electron chi connectivity index (χ0n) is 11.1. The van der Waals surface area contributed by atoms with Gasteiger partial charge in [0, 0.05) is 10.0 Å². The molecular weight excluding hydrogens is 340 g/mol. The van der Waals surface area contributed by atoms with Crippen LogP contribution in [-0.2, 0) is 4.74 Å². The number of nitrogens with zero attached hydrogens (tertiary/aromatic N) is 2. The summed E-state index contributed by atoms with van der Waals surface area (Å²) in [6.07, 6.45) is 1.87. The first-order valence-electron chi connectivity index (χ1n) is 6.00. The summed E-state index contributed by atoms with van der Waals surface area (Å²) in [4.78, 5) is 20.4. The van der Waals surface area contributed by atoms with Crippen LogP contribution in [0.15, 0.2) is 40.0 Å². The summed E-state index contributed by atoms with van der Waals surface area (Å²) < 4.78 is 5.98. The Kier molecular flexibility index (Phi) is 5.14. The van der Waals surface area contributed by atoms with E-state index >= 15 is 0 Å². The molecule has 0 aliphatic rings. The van der Waals surface area contributed by atoms with E-state index in [1.807, 2.05) is 30.5 Å². The maximum Gasteiger partial charge on any atom is 0.357 e. The van der Waals surface area contributed by atoms with Crippen molar-refractivity contribution in [2.45, 2.75) is 12.1 Å². The van der Waals surface area contributed by atoms with Gasteiger partial charge in [0.1, 0.15) is 0 Å². The Labute approximate surface area is 130 Å². The normalized spacial score (nSPS) is 10.3. The zero-order chi connectivity index (χ0) is 14.5. The maximum atomic E-state index is 11.8. The third-order valence-corrected chi connectivity index (χ3v) is 3.59. The van der Waals surface area contributed by atoms with Gasteiger partial charge in [0.05, 0.1) is 12.3 Å². The summed E-state index contributed by atoms with van der Waals surface area (Å²) in [6, 6.07) is 9.39. The number of rotatable bonds is 4. The number of esters is 1. The second-order valence-corrected chi connectivity index (χ2v) is 5.54. The van der Waals surface area contributed by atoms with Crippen LogP contribution >= 0.6 is 27.7 Å². The number of aromatic nitrogens is 2. The second-order valence-electron chi connectivity index (χ2n) is 3.85. The monoisotopic (exact) mass is 352 g/mol. The molecule has 0 N–H and O–H groups in total. The average molecular weight is 353 g/mol. The van der Waals surface area contributed by atoms with E-state index in [4.69, 9.17) is 4.74 Å². The Morgan fingerprint density at radius 2 is 2.00 bits per heavy atom. The third-order valence-electron chi connectivity index (χ3n) is 2.51. The van der Waals surface area contributed by atoms with Gasteiger partial charge in [-0.2, -0.15) is 0 Å². The average Bonchev–Trinajstić information content (AvgIpc) is 2.47. The molecule has 0 fully saturated rings. The molecule has 0 amide bonds. The van der Waals surface area contributed by atoms with Crippen LogP contribution in [-0.4, -0.2) is 28.8 Å². The highest BCUT2D eigenvalue weighted by Crippen LogP contribution is 2.23. The molecule has 0 spiro atoms. The van der Waals surface area contributed by atoms with Gasteiger partial charge >= 0.3 is 5.97 Å². The summed E-state index contributed by atoms with van der Waals surface area (Å²) >= 11 is 4.78. The van der Waals surface area contributed by atoms with Crippen LogP contribution in [0.3, 0.4) is 0 Å². The topological polar surface area (TPSA) is 52.1 Å². The lowest BCUT2D eigenvalue weighted by atomic mass is 10.1. The number of hydrogen-bond acceptors (Lipinski definition) is 5. The minimum absolute atomic E-state index is 0.282. The Morgan fingerprint density at radius 1 is 1.30 bits per heavy atom. The number of halogens is 1. The number of ether oxygens (including phenoxy) is 1. The highest BCUT2D eigenvalue weighted by atomic mass is 79.9. The first-order valence-corrected chi connectivity index (χ1v) is 8.02. The molecule has 20 heavy (non-hydrogen) atoms. The van der Waals surface area contributed by atoms with E-state index in [2.05, 4.69) is 25.9 Å². The quantitative estimate of drug-likeness (QED) is 0.475. The van der Waals surface area contributed by atoms with Gasteiger partial charge in [0.25, 0.3) is 0 Å². The van der Waals surface area contributed by atoms with Crippen LogP contribution < -0.4 is 0 Å². The minimum atomic E-state index is -0.427. The highest BCUT2D eigenvalue weighted by molar-refractivity contribution is 9.10. The Hall–Kier alpha value is -1.40. The molecule has 0 saturated carbocycles. The van der Waals surface area contributed by atoms with Crippen molar-refractivity contribution in [2.75, 3.05) is 12.9 Å². The number of carbonyl (C=O) groups excluding carboxylic acids is 1. The molecule has 0 radical (unpaired) electrons. The van der Waals surface area contributed by atoms with E-state index in [0.29, 0.717) is 17.5 Å². The van der Waals surface area contributed by atoms with Crippen LogP contribution in [0.25, 0.3) is 11.3 Å². The lowest BCUT2D eigenvalue weighted by molar-refractivity contribution is 0.0518. The van der Waals surface area contributed by atoms with Crippen LogP contribution in [0.1, 0.15) is 17.4 Å². The fourth-order valence-electron chi connectivity index (χ4n) is 1.59. The molecule has 0 aliphatic heterocycles. The van der Waals surface area contributed by atoms with Crippen LogP contribution in [0.5, 0.6) is 0 Å². The van der Waals surface area contributed by atoms with E-state index in [-0.39, 0.29) is 5.69 Å². The molecule has 0 unspecified atom stereocenters. The number of thioether (sulfide) groups is 1. The lowest BCUT2D eigenvalue weighted by Crippen LogP contribution is -2.09. The second kappa shape index (κ2) is 6.85. The molecule has 6 heteroatoms. The van der Waals surface area contributed by atoms with Gasteiger partial charge in [-0.3, -0.25) is 0 Å². The van der Waals surface area contributed by atoms with E-state index in [0.717, 1.165) is 10.0 Å². The maximum absolute atomic E-state index is 11.8. The van der Waals surface area contributed by atoms with Crippen LogP contribution in [0.2, 0.25) is 0 Å². The summed E-state index contributed by atoms with van der Waals surface area (Å²) in [7, 11) is 0. The van der Waals surface area contributed by atoms with Crippen molar-refractivity contribution in [1.82, 2.24) is 9.97 Å². The van der Waals surface area contributed by atoms with Gasteiger partial charge in [0.2, 0.25) is 0 Å². The molecule has 1 aromatic heterocycles. The van der Waals surface area contributed by atoms with E-state index < -0.39 is 5.97 Å². The molecule has 2 rings (SSSR count). The number of hydrogen-bond donors (Lipinski definition) is 0. The molecule has 0 saturated heterocycles. The molecule has 2 aromatic rings. The van der Waals surface area contributed by atoms with Crippen molar-refractivity contribution < 1.29 is 9.53 Å². The Bertz CT molecular complexity index is 617. The number of benzene rings is 1. The van der Waals surface area contributed by atoms with Crippen molar-refractivity contribution in [3.05, 3.63) is 40.5 Å². The largest absolute Gasteiger partial charge is 0.461 e. The Balaban J connectivity index is 2.44. The molecular formula is C14H13BrN2O2S. The van der Waals surface area contributed by atoms with Crippen molar-refractivity contribution in [1.29, 1.82) is 0 Å². The van der Waals surface area contributed by atoms with Crippen LogP contribution in [0, 0.1) is 0 Å². The molecule has 4 nitrogen and oxygen atoms in total. The molecule has 1 heterocycles. The molecule has 0 atom stereocenters. The van der Waals surface area contributed by atoms with Crippen molar-refractivity contribution in [3.8, 4) is 11.3 Å². The first-order chi connectivity index (χ1) is 9.63. The Morgan fingerprint density at radius 3 is 2.60 bits per heavy atom. The summed E-state index contributed by atoms with van der Waals surface area (Å²) in [6.45, 7) is 2.09. The summed E-state index contributed by atoms with van der Waals surface area (Å²) in [5.74, 6) is -0.427. The smallest absolute Gasteiger partial charge is 0.357 e. The standard InChI is InChI=1S/C14H13BrN2O2S/c1-3-19-13(18)12-8-11(16-14(17-12)20-2)9-4-6-10(15)7-5-9/h4-8H,3H2,1-2H3. The fourth-order valence-corrected chi connectivity index (χ4v) is 2.24. The van der Waals surface area contributed by atoms with Gasteiger partial charge in [0.15, 0.2) is 10.9 Å². The van der Waals surface area contributed by atoms with Crippen LogP contribution in [0.4, 0.5) is 0 Å². The molecule has 0 bridgehead atoms. The predicted molar refractivity (Wildman–Crippen MR) is 82.9 cm³/mol. The lowest BCUT2D eigenvalue weighted by Gasteiger charge is -2.07. The van der Waals surface area contributed by atoms with E-state index in [1.54, 1.807) is 13.0 Å². The number of carbonyl (C=O) groups is 1. The SMILES string of the molecule is CCOC(=O)c1cc(-c2ccc(Br)cc2)nc(SC)n1. The molecule has 1 aromatic carbocycles. The van der Waals surface area contributed by atoms with Gasteiger partial charge in [-0.1, -0.05) is 39.8 Å². The fraction of sp³-hybridized carbons (Fsp3) is 0.214. The van der Waals surface area contributed by atoms with E-state index in [9.17, 15) is 4.79 Å². The predicted octanol–water partition coefficient (Wildman–Crippen LogP) is 3.80. The van der Waals surface area contributed by atoms with Crippen molar-refractivity contribution in [3.63, 3.8) is 0 Å². The van der Waals surface area contributed by atoms with Gasteiger partial charge in [-0.25, -0.2) is 14.8 Å². The third kappa shape index (κ3) is 3.58.